The van der Waals surface area contributed by atoms with Gasteiger partial charge < -0.3 is 0 Å². The zero-order valence-corrected chi connectivity index (χ0v) is 12.0. The Balaban J connectivity index is 2.15. The van der Waals surface area contributed by atoms with Crippen LogP contribution < -0.4 is 4.68 Å². The molecule has 0 bridgehead atoms. The summed E-state index contributed by atoms with van der Waals surface area (Å²) in [5.41, 5.74) is 5.89. The van der Waals surface area contributed by atoms with Crippen molar-refractivity contribution in [1.29, 1.82) is 0 Å². The predicted octanol–water partition coefficient (Wildman–Crippen LogP) is 2.98. The number of nitrogens with zero attached hydrogens (tertiary/aromatic N) is 3. The van der Waals surface area contributed by atoms with Crippen LogP contribution in [0, 0.1) is 13.8 Å². The van der Waals surface area contributed by atoms with Crippen molar-refractivity contribution in [3.05, 3.63) is 65.9 Å². The summed E-state index contributed by atoms with van der Waals surface area (Å²) in [7, 11) is 1.98. The molecule has 1 heterocycles. The third-order valence-corrected chi connectivity index (χ3v) is 3.56. The molecular formula is C17H18N3+. The molecule has 0 spiro atoms. The van der Waals surface area contributed by atoms with Crippen LogP contribution in [-0.2, 0) is 7.05 Å². The molecule has 0 radical (unpaired) electrons. The maximum absolute atomic E-state index is 4.61. The lowest BCUT2D eigenvalue weighted by molar-refractivity contribution is -0.662. The average Bonchev–Trinajstić information content (AvgIpc) is 2.81. The van der Waals surface area contributed by atoms with E-state index in [2.05, 4.69) is 55.6 Å². The summed E-state index contributed by atoms with van der Waals surface area (Å²) in [6.45, 7) is 4.23. The third kappa shape index (κ3) is 2.11. The van der Waals surface area contributed by atoms with E-state index >= 15 is 0 Å². The van der Waals surface area contributed by atoms with Gasteiger partial charge in [0.1, 0.15) is 7.05 Å². The van der Waals surface area contributed by atoms with Crippen LogP contribution in [0.4, 0.5) is 0 Å². The molecule has 100 valence electrons. The van der Waals surface area contributed by atoms with Gasteiger partial charge in [-0.1, -0.05) is 48.5 Å². The maximum atomic E-state index is 4.61. The van der Waals surface area contributed by atoms with E-state index in [9.17, 15) is 0 Å². The number of aromatic nitrogens is 3. The summed E-state index contributed by atoms with van der Waals surface area (Å²) >= 11 is 0. The van der Waals surface area contributed by atoms with Crippen molar-refractivity contribution in [2.75, 3.05) is 0 Å². The van der Waals surface area contributed by atoms with E-state index in [-0.39, 0.29) is 0 Å². The Morgan fingerprint density at radius 2 is 1.55 bits per heavy atom. The molecule has 0 saturated heterocycles. The van der Waals surface area contributed by atoms with E-state index in [1.807, 2.05) is 34.6 Å². The molecule has 2 aromatic carbocycles. The summed E-state index contributed by atoms with van der Waals surface area (Å²) in [6.07, 6.45) is 2.09. The van der Waals surface area contributed by atoms with Gasteiger partial charge in [-0.25, -0.2) is 0 Å². The minimum Gasteiger partial charge on any atom is -0.132 e. The molecule has 0 aliphatic rings. The molecule has 0 fully saturated rings. The number of para-hydroxylation sites is 1. The fraction of sp³-hybridized carbons (Fsp3) is 0.176. The van der Waals surface area contributed by atoms with Crippen molar-refractivity contribution < 1.29 is 4.68 Å². The monoisotopic (exact) mass is 264 g/mol. The number of hydrogen-bond donors (Lipinski definition) is 0. The van der Waals surface area contributed by atoms with E-state index in [1.165, 1.54) is 16.7 Å². The van der Waals surface area contributed by atoms with Crippen LogP contribution in [0.1, 0.15) is 11.1 Å². The summed E-state index contributed by atoms with van der Waals surface area (Å²) in [4.78, 5) is 0. The van der Waals surface area contributed by atoms with Gasteiger partial charge in [-0.05, 0) is 25.0 Å². The first-order valence-corrected chi connectivity index (χ1v) is 6.75. The second kappa shape index (κ2) is 4.93. The summed E-state index contributed by atoms with van der Waals surface area (Å²) in [5, 5.41) is 4.61. The van der Waals surface area contributed by atoms with Gasteiger partial charge in [0.2, 0.25) is 0 Å². The SMILES string of the molecule is Cc1cccc(C)c1-[n+]1cc(-c2ccccc2)n(C)n1. The first-order chi connectivity index (χ1) is 9.66. The zero-order chi connectivity index (χ0) is 14.1. The molecule has 0 amide bonds. The lowest BCUT2D eigenvalue weighted by Crippen LogP contribution is -2.34. The predicted molar refractivity (Wildman–Crippen MR) is 79.7 cm³/mol. The Bertz CT molecular complexity index is 722. The Labute approximate surface area is 119 Å². The van der Waals surface area contributed by atoms with Gasteiger partial charge in [-0.3, -0.25) is 0 Å². The fourth-order valence-electron chi connectivity index (χ4n) is 2.56. The van der Waals surface area contributed by atoms with Gasteiger partial charge >= 0.3 is 0 Å². The van der Waals surface area contributed by atoms with Crippen LogP contribution >= 0.6 is 0 Å². The molecule has 20 heavy (non-hydrogen) atoms. The first kappa shape index (κ1) is 12.6. The molecule has 0 atom stereocenters. The average molecular weight is 264 g/mol. The minimum atomic E-state index is 1.10. The standard InChI is InChI=1S/C17H18N3/c1-13-8-7-9-14(2)17(13)20-12-16(19(3)18-20)15-10-5-4-6-11-15/h4-12H,1-3H3/q+1. The van der Waals surface area contributed by atoms with Crippen LogP contribution in [0.3, 0.4) is 0 Å². The maximum Gasteiger partial charge on any atom is 0.197 e. The van der Waals surface area contributed by atoms with Crippen molar-refractivity contribution >= 4 is 0 Å². The smallest absolute Gasteiger partial charge is 0.132 e. The number of hydrogen-bond acceptors (Lipinski definition) is 1. The fourth-order valence-corrected chi connectivity index (χ4v) is 2.56. The van der Waals surface area contributed by atoms with Crippen molar-refractivity contribution in [3.63, 3.8) is 0 Å². The highest BCUT2D eigenvalue weighted by Gasteiger charge is 2.18. The van der Waals surface area contributed by atoms with Gasteiger partial charge in [0.15, 0.2) is 17.6 Å². The van der Waals surface area contributed by atoms with E-state index < -0.39 is 0 Å². The topological polar surface area (TPSA) is 21.7 Å². The van der Waals surface area contributed by atoms with Crippen LogP contribution in [0.15, 0.2) is 54.7 Å². The van der Waals surface area contributed by atoms with Gasteiger partial charge in [0.05, 0.1) is 5.21 Å². The van der Waals surface area contributed by atoms with Gasteiger partial charge in [-0.15, -0.1) is 9.36 Å². The second-order valence-electron chi connectivity index (χ2n) is 5.08. The van der Waals surface area contributed by atoms with Crippen molar-refractivity contribution in [2.45, 2.75) is 13.8 Å². The Kier molecular flexibility index (Phi) is 3.11. The van der Waals surface area contributed by atoms with E-state index in [0.717, 1.165) is 11.4 Å². The van der Waals surface area contributed by atoms with E-state index in [1.54, 1.807) is 0 Å². The molecule has 3 nitrogen and oxygen atoms in total. The quantitative estimate of drug-likeness (QED) is 0.652. The Hall–Kier alpha value is -2.42. The van der Waals surface area contributed by atoms with Crippen LogP contribution in [0.25, 0.3) is 16.9 Å². The molecular weight excluding hydrogens is 246 g/mol. The second-order valence-corrected chi connectivity index (χ2v) is 5.08. The number of aryl methyl sites for hydroxylation is 3. The largest absolute Gasteiger partial charge is 0.197 e. The van der Waals surface area contributed by atoms with Gasteiger partial charge in [0.25, 0.3) is 0 Å². The Morgan fingerprint density at radius 3 is 2.20 bits per heavy atom. The van der Waals surface area contributed by atoms with Crippen molar-refractivity contribution in [2.24, 2.45) is 7.05 Å². The summed E-state index contributed by atoms with van der Waals surface area (Å²) in [6, 6.07) is 16.6. The summed E-state index contributed by atoms with van der Waals surface area (Å²) < 4.78 is 3.88. The molecule has 0 aliphatic heterocycles. The van der Waals surface area contributed by atoms with Gasteiger partial charge in [-0.2, -0.15) is 0 Å². The lowest BCUT2D eigenvalue weighted by Gasteiger charge is -2.02. The molecule has 3 heteroatoms. The first-order valence-electron chi connectivity index (χ1n) is 6.75. The van der Waals surface area contributed by atoms with Crippen molar-refractivity contribution in [3.8, 4) is 16.9 Å². The number of rotatable bonds is 2. The highest BCUT2D eigenvalue weighted by molar-refractivity contribution is 5.57. The van der Waals surface area contributed by atoms with Gasteiger partial charge in [0, 0.05) is 5.56 Å². The number of benzene rings is 2. The van der Waals surface area contributed by atoms with Crippen molar-refractivity contribution in [1.82, 2.24) is 9.90 Å². The third-order valence-electron chi connectivity index (χ3n) is 3.56. The minimum absolute atomic E-state index is 1.10. The molecule has 3 rings (SSSR count). The molecule has 0 saturated carbocycles. The Morgan fingerprint density at radius 1 is 0.900 bits per heavy atom. The molecule has 1 aromatic heterocycles. The van der Waals surface area contributed by atoms with Crippen LogP contribution in [-0.4, -0.2) is 9.90 Å². The molecule has 0 unspecified atom stereocenters. The zero-order valence-electron chi connectivity index (χ0n) is 12.0. The highest BCUT2D eigenvalue weighted by Crippen LogP contribution is 2.18. The molecule has 0 aliphatic carbocycles. The molecule has 3 aromatic rings. The normalized spacial score (nSPS) is 10.8. The van der Waals surface area contributed by atoms with Crippen LogP contribution in [0.2, 0.25) is 0 Å². The molecule has 0 N–H and O–H groups in total. The van der Waals surface area contributed by atoms with E-state index in [0.29, 0.717) is 0 Å². The highest BCUT2D eigenvalue weighted by atomic mass is 15.5. The van der Waals surface area contributed by atoms with E-state index in [4.69, 9.17) is 0 Å². The van der Waals surface area contributed by atoms with Crippen LogP contribution in [0.5, 0.6) is 0 Å². The lowest BCUT2D eigenvalue weighted by atomic mass is 10.1. The summed E-state index contributed by atoms with van der Waals surface area (Å²) in [5.74, 6) is 0.